The van der Waals surface area contributed by atoms with Gasteiger partial charge in [-0.25, -0.2) is 9.89 Å². The lowest BCUT2D eigenvalue weighted by atomic mass is 10.5. The van der Waals surface area contributed by atoms with Crippen LogP contribution in [0.15, 0.2) is 10.9 Å². The summed E-state index contributed by atoms with van der Waals surface area (Å²) < 4.78 is 0. The zero-order chi connectivity index (χ0) is 6.69. The van der Waals surface area contributed by atoms with Crippen LogP contribution in [0.5, 0.6) is 0 Å². The number of aromatic amines is 2. The van der Waals surface area contributed by atoms with Crippen molar-refractivity contribution in [2.24, 2.45) is 0 Å². The van der Waals surface area contributed by atoms with Gasteiger partial charge in [-0.3, -0.25) is 4.98 Å². The van der Waals surface area contributed by atoms with E-state index < -0.39 is 0 Å². The molecule has 2 N–H and O–H groups in total. The Hall–Kier alpha value is -1.32. The summed E-state index contributed by atoms with van der Waals surface area (Å²) in [5.41, 5.74) is -0.275. The quantitative estimate of drug-likeness (QED) is 0.560. The molecule has 4 nitrogen and oxygen atoms in total. The molecule has 9 heavy (non-hydrogen) atoms. The molecule has 4 heteroatoms. The average molecular weight is 125 g/mol. The SMILES string of the molecule is C/C=C\c1n[nH]c(=O)[nH]1. The fourth-order valence-electron chi connectivity index (χ4n) is 0.520. The molecule has 0 saturated heterocycles. The van der Waals surface area contributed by atoms with Crippen molar-refractivity contribution < 1.29 is 0 Å². The summed E-state index contributed by atoms with van der Waals surface area (Å²) in [5.74, 6) is 0.558. The molecule has 0 atom stereocenters. The van der Waals surface area contributed by atoms with Gasteiger partial charge in [0.25, 0.3) is 0 Å². The van der Waals surface area contributed by atoms with E-state index in [4.69, 9.17) is 0 Å². The van der Waals surface area contributed by atoms with Crippen molar-refractivity contribution in [2.45, 2.75) is 6.92 Å². The zero-order valence-corrected chi connectivity index (χ0v) is 5.01. The maximum Gasteiger partial charge on any atom is 0.340 e. The lowest BCUT2D eigenvalue weighted by Crippen LogP contribution is -2.00. The number of nitrogens with one attached hydrogen (secondary N) is 2. The van der Waals surface area contributed by atoms with Gasteiger partial charge in [0.05, 0.1) is 0 Å². The van der Waals surface area contributed by atoms with Crippen molar-refractivity contribution in [1.29, 1.82) is 0 Å². The molecule has 1 aromatic rings. The summed E-state index contributed by atoms with van der Waals surface area (Å²) in [5, 5.41) is 5.87. The van der Waals surface area contributed by atoms with Gasteiger partial charge in [-0.15, -0.1) is 0 Å². The zero-order valence-electron chi connectivity index (χ0n) is 5.01. The lowest BCUT2D eigenvalue weighted by Gasteiger charge is -1.73. The van der Waals surface area contributed by atoms with Crippen LogP contribution in [0, 0.1) is 0 Å². The van der Waals surface area contributed by atoms with E-state index in [-0.39, 0.29) is 5.69 Å². The minimum Gasteiger partial charge on any atom is -0.289 e. The summed E-state index contributed by atoms with van der Waals surface area (Å²) in [4.78, 5) is 12.8. The first-order chi connectivity index (χ1) is 4.33. The Morgan fingerprint density at radius 2 is 2.44 bits per heavy atom. The van der Waals surface area contributed by atoms with Crippen LogP contribution in [-0.2, 0) is 0 Å². The van der Waals surface area contributed by atoms with Crippen LogP contribution >= 0.6 is 0 Å². The summed E-state index contributed by atoms with van der Waals surface area (Å²) in [6, 6.07) is 0. The Labute approximate surface area is 51.6 Å². The maximum atomic E-state index is 10.4. The molecule has 1 aromatic heterocycles. The number of nitrogens with zero attached hydrogens (tertiary/aromatic N) is 1. The summed E-state index contributed by atoms with van der Waals surface area (Å²) >= 11 is 0. The highest BCUT2D eigenvalue weighted by Gasteiger charge is 1.87. The third-order valence-electron chi connectivity index (χ3n) is 0.844. The Bertz CT molecular complexity index is 257. The van der Waals surface area contributed by atoms with Crippen LogP contribution < -0.4 is 5.69 Å². The van der Waals surface area contributed by atoms with Gasteiger partial charge in [-0.2, -0.15) is 5.10 Å². The number of allylic oxidation sites excluding steroid dienone is 1. The molecule has 0 amide bonds. The molecule has 0 spiro atoms. The Kier molecular flexibility index (Phi) is 1.48. The highest BCUT2D eigenvalue weighted by molar-refractivity contribution is 5.37. The Morgan fingerprint density at radius 3 is 2.89 bits per heavy atom. The topological polar surface area (TPSA) is 61.5 Å². The summed E-state index contributed by atoms with van der Waals surface area (Å²) in [6.07, 6.45) is 3.50. The highest BCUT2D eigenvalue weighted by atomic mass is 16.1. The van der Waals surface area contributed by atoms with Crippen molar-refractivity contribution in [3.8, 4) is 0 Å². The standard InChI is InChI=1S/C5H7N3O/c1-2-3-4-6-5(9)8-7-4/h2-3H,1H3,(H2,6,7,8,9)/b3-2-. The van der Waals surface area contributed by atoms with Gasteiger partial charge in [-0.05, 0) is 13.0 Å². The summed E-state index contributed by atoms with van der Waals surface area (Å²) in [7, 11) is 0. The highest BCUT2D eigenvalue weighted by Crippen LogP contribution is 1.83. The molecule has 0 aliphatic heterocycles. The van der Waals surface area contributed by atoms with Crippen LogP contribution in [0.2, 0.25) is 0 Å². The average Bonchev–Trinajstić information content (AvgIpc) is 2.17. The van der Waals surface area contributed by atoms with Crippen molar-refractivity contribution in [3.63, 3.8) is 0 Å². The molecule has 1 heterocycles. The van der Waals surface area contributed by atoms with Crippen molar-refractivity contribution in [2.75, 3.05) is 0 Å². The second kappa shape index (κ2) is 2.30. The monoisotopic (exact) mass is 125 g/mol. The molecule has 0 fully saturated rings. The first kappa shape index (κ1) is 5.81. The second-order valence-electron chi connectivity index (χ2n) is 1.56. The van der Waals surface area contributed by atoms with E-state index in [2.05, 4.69) is 15.2 Å². The number of aromatic nitrogens is 3. The van der Waals surface area contributed by atoms with Gasteiger partial charge in [0, 0.05) is 0 Å². The Balaban J connectivity index is 2.98. The molecule has 0 aliphatic carbocycles. The molecule has 0 unspecified atom stereocenters. The van der Waals surface area contributed by atoms with Gasteiger partial charge in [0.15, 0.2) is 5.82 Å². The van der Waals surface area contributed by atoms with Gasteiger partial charge in [0.2, 0.25) is 0 Å². The third-order valence-corrected chi connectivity index (χ3v) is 0.844. The van der Waals surface area contributed by atoms with Crippen molar-refractivity contribution in [3.05, 3.63) is 22.4 Å². The molecule has 0 aliphatic rings. The second-order valence-corrected chi connectivity index (χ2v) is 1.56. The molecule has 0 bridgehead atoms. The first-order valence-corrected chi connectivity index (χ1v) is 2.60. The molecule has 1 rings (SSSR count). The summed E-state index contributed by atoms with van der Waals surface area (Å²) in [6.45, 7) is 1.85. The molecule has 0 radical (unpaired) electrons. The van der Waals surface area contributed by atoms with E-state index in [0.29, 0.717) is 5.82 Å². The predicted octanol–water partition coefficient (Wildman–Crippen LogP) is 0.131. The normalized spacial score (nSPS) is 10.8. The lowest BCUT2D eigenvalue weighted by molar-refractivity contribution is 1.04. The molecular weight excluding hydrogens is 118 g/mol. The number of hydrogen-bond donors (Lipinski definition) is 2. The largest absolute Gasteiger partial charge is 0.340 e. The fourth-order valence-corrected chi connectivity index (χ4v) is 0.520. The Morgan fingerprint density at radius 1 is 1.67 bits per heavy atom. The molecular formula is C5H7N3O. The van der Waals surface area contributed by atoms with Crippen LogP contribution in [0.25, 0.3) is 6.08 Å². The van der Waals surface area contributed by atoms with Gasteiger partial charge >= 0.3 is 5.69 Å². The molecule has 0 saturated carbocycles. The van der Waals surface area contributed by atoms with Crippen LogP contribution in [0.4, 0.5) is 0 Å². The number of rotatable bonds is 1. The van der Waals surface area contributed by atoms with Gasteiger partial charge in [-0.1, -0.05) is 6.08 Å². The fraction of sp³-hybridized carbons (Fsp3) is 0.200. The van der Waals surface area contributed by atoms with E-state index in [1.54, 1.807) is 12.2 Å². The van der Waals surface area contributed by atoms with E-state index in [0.717, 1.165) is 0 Å². The smallest absolute Gasteiger partial charge is 0.289 e. The van der Waals surface area contributed by atoms with Gasteiger partial charge < -0.3 is 0 Å². The molecule has 0 aromatic carbocycles. The molecule has 48 valence electrons. The van der Waals surface area contributed by atoms with Crippen LogP contribution in [0.1, 0.15) is 12.7 Å². The maximum absolute atomic E-state index is 10.4. The number of hydrogen-bond acceptors (Lipinski definition) is 2. The van der Waals surface area contributed by atoms with Crippen LogP contribution in [-0.4, -0.2) is 15.2 Å². The van der Waals surface area contributed by atoms with E-state index in [1.807, 2.05) is 6.92 Å². The third kappa shape index (κ3) is 1.28. The number of H-pyrrole nitrogens is 2. The van der Waals surface area contributed by atoms with E-state index in [1.165, 1.54) is 0 Å². The van der Waals surface area contributed by atoms with Crippen molar-refractivity contribution in [1.82, 2.24) is 15.2 Å². The van der Waals surface area contributed by atoms with Gasteiger partial charge in [0.1, 0.15) is 0 Å². The first-order valence-electron chi connectivity index (χ1n) is 2.60. The van der Waals surface area contributed by atoms with Crippen molar-refractivity contribution >= 4 is 6.08 Å². The van der Waals surface area contributed by atoms with E-state index >= 15 is 0 Å². The van der Waals surface area contributed by atoms with Crippen LogP contribution in [0.3, 0.4) is 0 Å². The predicted molar refractivity (Wildman–Crippen MR) is 33.9 cm³/mol. The minimum atomic E-state index is -0.275. The minimum absolute atomic E-state index is 0.275. The van der Waals surface area contributed by atoms with E-state index in [9.17, 15) is 4.79 Å².